The quantitative estimate of drug-likeness (QED) is 0.752. The van der Waals surface area contributed by atoms with Crippen LogP contribution in [0.15, 0.2) is 23.0 Å². The Kier molecular flexibility index (Phi) is 4.75. The van der Waals surface area contributed by atoms with E-state index >= 15 is 0 Å². The summed E-state index contributed by atoms with van der Waals surface area (Å²) in [5, 5.41) is 3.49. The zero-order valence-electron chi connectivity index (χ0n) is 15.6. The van der Waals surface area contributed by atoms with E-state index < -0.39 is 23.7 Å². The Morgan fingerprint density at radius 1 is 1.17 bits per heavy atom. The number of hydrogen-bond acceptors (Lipinski definition) is 5. The number of benzene rings is 1. The standard InChI is InChI=1S/C18H19F3N4O4/c1-23-16(18(19,20)21)22-25(17(23)27)11-5-7-24(8-6-11)15(26)12-3-2-4-13-14(12)29-10-9-28-13/h2-4,11H,5-10H2,1H3. The average molecular weight is 412 g/mol. The summed E-state index contributed by atoms with van der Waals surface area (Å²) in [7, 11) is 1.05. The first-order chi connectivity index (χ1) is 13.8. The van der Waals surface area contributed by atoms with E-state index in [2.05, 4.69) is 5.10 Å². The van der Waals surface area contributed by atoms with Crippen LogP contribution in [0.25, 0.3) is 0 Å². The Hall–Kier alpha value is -2.98. The van der Waals surface area contributed by atoms with Gasteiger partial charge in [0.25, 0.3) is 5.91 Å². The molecule has 1 aromatic carbocycles. The number of halogens is 3. The van der Waals surface area contributed by atoms with E-state index in [1.165, 1.54) is 0 Å². The maximum atomic E-state index is 13.0. The van der Waals surface area contributed by atoms with Crippen LogP contribution in [0.1, 0.15) is 35.1 Å². The highest BCUT2D eigenvalue weighted by atomic mass is 19.4. The molecule has 1 amide bonds. The number of likely N-dealkylation sites (tertiary alicyclic amines) is 1. The molecule has 0 N–H and O–H groups in total. The van der Waals surface area contributed by atoms with Gasteiger partial charge in [0.2, 0.25) is 5.82 Å². The predicted molar refractivity (Wildman–Crippen MR) is 94.1 cm³/mol. The molecule has 1 saturated heterocycles. The highest BCUT2D eigenvalue weighted by Gasteiger charge is 2.39. The summed E-state index contributed by atoms with van der Waals surface area (Å²) in [5.74, 6) is -0.553. The minimum Gasteiger partial charge on any atom is -0.486 e. The number of carbonyl (C=O) groups is 1. The SMILES string of the molecule is Cn1c(C(F)(F)F)nn(C2CCN(C(=O)c3cccc4c3OCCO4)CC2)c1=O. The monoisotopic (exact) mass is 412 g/mol. The summed E-state index contributed by atoms with van der Waals surface area (Å²) in [4.78, 5) is 26.7. The van der Waals surface area contributed by atoms with Gasteiger partial charge in [-0.05, 0) is 25.0 Å². The van der Waals surface area contributed by atoms with Crippen molar-refractivity contribution in [3.63, 3.8) is 0 Å². The Balaban J connectivity index is 1.50. The van der Waals surface area contributed by atoms with Crippen LogP contribution in [-0.4, -0.2) is 51.5 Å². The third kappa shape index (κ3) is 3.45. The lowest BCUT2D eigenvalue weighted by Gasteiger charge is -2.32. The molecule has 3 heterocycles. The molecule has 0 spiro atoms. The molecule has 0 aliphatic carbocycles. The lowest BCUT2D eigenvalue weighted by molar-refractivity contribution is -0.147. The number of nitrogens with zero attached hydrogens (tertiary/aromatic N) is 4. The number of alkyl halides is 3. The first kappa shape index (κ1) is 19.3. The molecule has 1 fully saturated rings. The van der Waals surface area contributed by atoms with Gasteiger partial charge in [0, 0.05) is 20.1 Å². The molecule has 29 heavy (non-hydrogen) atoms. The zero-order valence-corrected chi connectivity index (χ0v) is 15.6. The van der Waals surface area contributed by atoms with Crippen molar-refractivity contribution in [3.8, 4) is 11.5 Å². The van der Waals surface area contributed by atoms with Gasteiger partial charge >= 0.3 is 11.9 Å². The average Bonchev–Trinajstić information content (AvgIpc) is 3.02. The van der Waals surface area contributed by atoms with E-state index in [1.807, 2.05) is 0 Å². The number of amides is 1. The van der Waals surface area contributed by atoms with Crippen LogP contribution < -0.4 is 15.2 Å². The molecule has 156 valence electrons. The molecular weight excluding hydrogens is 393 g/mol. The van der Waals surface area contributed by atoms with E-state index in [4.69, 9.17) is 9.47 Å². The largest absolute Gasteiger partial charge is 0.486 e. The van der Waals surface area contributed by atoms with E-state index in [0.717, 1.165) is 11.7 Å². The van der Waals surface area contributed by atoms with Crippen LogP contribution in [0, 0.1) is 0 Å². The van der Waals surface area contributed by atoms with Crippen molar-refractivity contribution in [1.82, 2.24) is 19.2 Å². The molecule has 1 aromatic heterocycles. The second-order valence-corrected chi connectivity index (χ2v) is 6.96. The van der Waals surface area contributed by atoms with Gasteiger partial charge < -0.3 is 14.4 Å². The summed E-state index contributed by atoms with van der Waals surface area (Å²) in [6.07, 6.45) is -4.05. The van der Waals surface area contributed by atoms with E-state index in [9.17, 15) is 22.8 Å². The smallest absolute Gasteiger partial charge is 0.451 e. The Labute approximate surface area is 163 Å². The van der Waals surface area contributed by atoms with Gasteiger partial charge in [0.1, 0.15) is 13.2 Å². The van der Waals surface area contributed by atoms with Crippen molar-refractivity contribution in [1.29, 1.82) is 0 Å². The van der Waals surface area contributed by atoms with Crippen LogP contribution in [0.2, 0.25) is 0 Å². The Morgan fingerprint density at radius 3 is 2.52 bits per heavy atom. The number of fused-ring (bicyclic) bond motifs is 1. The molecule has 2 aromatic rings. The zero-order chi connectivity index (χ0) is 20.8. The van der Waals surface area contributed by atoms with Crippen LogP contribution in [0.3, 0.4) is 0 Å². The van der Waals surface area contributed by atoms with Gasteiger partial charge in [-0.15, -0.1) is 5.10 Å². The molecule has 0 radical (unpaired) electrons. The Morgan fingerprint density at radius 2 is 1.86 bits per heavy atom. The van der Waals surface area contributed by atoms with Gasteiger partial charge in [-0.25, -0.2) is 9.48 Å². The second kappa shape index (κ2) is 7.12. The van der Waals surface area contributed by atoms with Crippen LogP contribution in [-0.2, 0) is 13.2 Å². The highest BCUT2D eigenvalue weighted by molar-refractivity contribution is 5.98. The molecule has 2 aliphatic rings. The van der Waals surface area contributed by atoms with Gasteiger partial charge in [-0.2, -0.15) is 13.2 Å². The van der Waals surface area contributed by atoms with Gasteiger partial charge in [-0.3, -0.25) is 9.36 Å². The van der Waals surface area contributed by atoms with Crippen LogP contribution in [0.4, 0.5) is 13.2 Å². The van der Waals surface area contributed by atoms with E-state index in [0.29, 0.717) is 60.8 Å². The van der Waals surface area contributed by atoms with Crippen molar-refractivity contribution >= 4 is 5.91 Å². The third-order valence-corrected chi connectivity index (χ3v) is 5.15. The Bertz CT molecular complexity index is 990. The van der Waals surface area contributed by atoms with Gasteiger partial charge in [0.05, 0.1) is 11.6 Å². The first-order valence-corrected chi connectivity index (χ1v) is 9.18. The third-order valence-electron chi connectivity index (χ3n) is 5.15. The molecule has 0 unspecified atom stereocenters. The lowest BCUT2D eigenvalue weighted by Crippen LogP contribution is -2.41. The summed E-state index contributed by atoms with van der Waals surface area (Å²) < 4.78 is 51.4. The molecule has 0 saturated carbocycles. The van der Waals surface area contributed by atoms with Crippen LogP contribution in [0.5, 0.6) is 11.5 Å². The fraction of sp³-hybridized carbons (Fsp3) is 0.500. The number of carbonyl (C=O) groups excluding carboxylic acids is 1. The molecule has 0 atom stereocenters. The van der Waals surface area contributed by atoms with Crippen molar-refractivity contribution < 1.29 is 27.4 Å². The number of hydrogen-bond donors (Lipinski definition) is 0. The van der Waals surface area contributed by atoms with Crippen molar-refractivity contribution in [2.45, 2.75) is 25.1 Å². The van der Waals surface area contributed by atoms with Crippen LogP contribution >= 0.6 is 0 Å². The first-order valence-electron chi connectivity index (χ1n) is 9.18. The summed E-state index contributed by atoms with van der Waals surface area (Å²) in [5.41, 5.74) is -0.431. The summed E-state index contributed by atoms with van der Waals surface area (Å²) >= 11 is 0. The maximum Gasteiger partial charge on any atom is 0.451 e. The minimum atomic E-state index is -4.70. The fourth-order valence-electron chi connectivity index (χ4n) is 3.67. The number of rotatable bonds is 2. The molecule has 11 heteroatoms. The minimum absolute atomic E-state index is 0.241. The van der Waals surface area contributed by atoms with Crippen molar-refractivity contribution in [2.75, 3.05) is 26.3 Å². The topological polar surface area (TPSA) is 78.6 Å². The van der Waals surface area contributed by atoms with Crippen molar-refractivity contribution in [3.05, 3.63) is 40.1 Å². The fourth-order valence-corrected chi connectivity index (χ4v) is 3.67. The number of aromatic nitrogens is 3. The number of piperidine rings is 1. The van der Waals surface area contributed by atoms with E-state index in [1.54, 1.807) is 23.1 Å². The van der Waals surface area contributed by atoms with E-state index in [-0.39, 0.29) is 5.91 Å². The van der Waals surface area contributed by atoms with Gasteiger partial charge in [-0.1, -0.05) is 6.07 Å². The second-order valence-electron chi connectivity index (χ2n) is 6.96. The molecular formula is C18H19F3N4O4. The number of para-hydroxylation sites is 1. The molecule has 4 rings (SSSR count). The normalized spacial score (nSPS) is 17.4. The molecule has 2 aliphatic heterocycles. The highest BCUT2D eigenvalue weighted by Crippen LogP contribution is 2.35. The van der Waals surface area contributed by atoms with Crippen molar-refractivity contribution in [2.24, 2.45) is 7.05 Å². The molecule has 8 nitrogen and oxygen atoms in total. The summed E-state index contributed by atoms with van der Waals surface area (Å²) in [6, 6.07) is 4.59. The lowest BCUT2D eigenvalue weighted by atomic mass is 10.0. The maximum absolute atomic E-state index is 13.0. The number of ether oxygens (including phenoxy) is 2. The summed E-state index contributed by atoms with van der Waals surface area (Å²) in [6.45, 7) is 1.34. The predicted octanol–water partition coefficient (Wildman–Crippen LogP) is 1.85. The van der Waals surface area contributed by atoms with Gasteiger partial charge in [0.15, 0.2) is 11.5 Å². The molecule has 0 bridgehead atoms.